The largest absolute Gasteiger partial charge is 0.496 e. The molecule has 0 aromatic heterocycles. The standard InChI is InChI=1S/C16H22O3/c1-12(2)13(3)19-11-15-10-14(6-5-9-17)7-8-16(15)18-4/h7-8,10,12-13,17H,9,11H2,1-4H3. The SMILES string of the molecule is COc1ccc(C#CCO)cc1COC(C)C(C)C. The molecule has 0 bridgehead atoms. The van der Waals surface area contributed by atoms with Crippen molar-refractivity contribution in [2.24, 2.45) is 5.92 Å². The monoisotopic (exact) mass is 262 g/mol. The third-order valence-corrected chi connectivity index (χ3v) is 3.03. The topological polar surface area (TPSA) is 38.7 Å². The number of benzene rings is 1. The van der Waals surface area contributed by atoms with Crippen molar-refractivity contribution in [2.45, 2.75) is 33.5 Å². The Kier molecular flexibility index (Phi) is 6.41. The highest BCUT2D eigenvalue weighted by Crippen LogP contribution is 2.21. The van der Waals surface area contributed by atoms with Gasteiger partial charge in [0.05, 0.1) is 19.8 Å². The van der Waals surface area contributed by atoms with Crippen molar-refractivity contribution in [1.29, 1.82) is 0 Å². The van der Waals surface area contributed by atoms with E-state index in [0.29, 0.717) is 12.5 Å². The summed E-state index contributed by atoms with van der Waals surface area (Å²) >= 11 is 0. The lowest BCUT2D eigenvalue weighted by Crippen LogP contribution is -2.15. The second-order valence-corrected chi connectivity index (χ2v) is 4.75. The number of hydrogen-bond acceptors (Lipinski definition) is 3. The van der Waals surface area contributed by atoms with Crippen molar-refractivity contribution in [1.82, 2.24) is 0 Å². The lowest BCUT2D eigenvalue weighted by atomic mass is 10.1. The average Bonchev–Trinajstić information content (AvgIpc) is 2.42. The highest BCUT2D eigenvalue weighted by atomic mass is 16.5. The van der Waals surface area contributed by atoms with Crippen LogP contribution in [0.3, 0.4) is 0 Å². The summed E-state index contributed by atoms with van der Waals surface area (Å²) in [5.74, 6) is 6.79. The van der Waals surface area contributed by atoms with Gasteiger partial charge in [0.25, 0.3) is 0 Å². The van der Waals surface area contributed by atoms with Crippen LogP contribution in [-0.2, 0) is 11.3 Å². The summed E-state index contributed by atoms with van der Waals surface area (Å²) in [4.78, 5) is 0. The van der Waals surface area contributed by atoms with Crippen LogP contribution in [0.25, 0.3) is 0 Å². The quantitative estimate of drug-likeness (QED) is 0.829. The van der Waals surface area contributed by atoms with Gasteiger partial charge < -0.3 is 14.6 Å². The van der Waals surface area contributed by atoms with Crippen LogP contribution in [0.1, 0.15) is 31.9 Å². The Hall–Kier alpha value is -1.50. The maximum absolute atomic E-state index is 8.71. The van der Waals surface area contributed by atoms with Crippen LogP contribution in [0, 0.1) is 17.8 Å². The predicted octanol–water partition coefficient (Wildman–Crippen LogP) is 2.60. The Bertz CT molecular complexity index is 455. The molecule has 1 aromatic carbocycles. The van der Waals surface area contributed by atoms with Crippen molar-refractivity contribution in [2.75, 3.05) is 13.7 Å². The van der Waals surface area contributed by atoms with Crippen molar-refractivity contribution >= 4 is 0 Å². The van der Waals surface area contributed by atoms with E-state index in [2.05, 4.69) is 32.6 Å². The summed E-state index contributed by atoms with van der Waals surface area (Å²) in [5, 5.41) is 8.71. The summed E-state index contributed by atoms with van der Waals surface area (Å²) in [6.07, 6.45) is 0.192. The zero-order chi connectivity index (χ0) is 14.3. The fourth-order valence-electron chi connectivity index (χ4n) is 1.52. The van der Waals surface area contributed by atoms with Crippen LogP contribution < -0.4 is 4.74 Å². The smallest absolute Gasteiger partial charge is 0.124 e. The minimum Gasteiger partial charge on any atom is -0.496 e. The van der Waals surface area contributed by atoms with Gasteiger partial charge in [-0.05, 0) is 31.0 Å². The average molecular weight is 262 g/mol. The Morgan fingerprint density at radius 2 is 2.00 bits per heavy atom. The molecule has 0 saturated heterocycles. The summed E-state index contributed by atoms with van der Waals surface area (Å²) < 4.78 is 11.1. The maximum Gasteiger partial charge on any atom is 0.124 e. The summed E-state index contributed by atoms with van der Waals surface area (Å²) in [6, 6.07) is 5.69. The first kappa shape index (κ1) is 15.6. The first-order chi connectivity index (χ1) is 9.08. The third kappa shape index (κ3) is 4.94. The Labute approximate surface area is 115 Å². The van der Waals surface area contributed by atoms with Crippen molar-refractivity contribution in [3.05, 3.63) is 29.3 Å². The van der Waals surface area contributed by atoms with E-state index >= 15 is 0 Å². The van der Waals surface area contributed by atoms with Gasteiger partial charge in [-0.15, -0.1) is 0 Å². The molecular weight excluding hydrogens is 240 g/mol. The molecule has 19 heavy (non-hydrogen) atoms. The van der Waals surface area contributed by atoms with E-state index in [1.54, 1.807) is 7.11 Å². The zero-order valence-corrected chi connectivity index (χ0v) is 12.1. The van der Waals surface area contributed by atoms with Crippen LogP contribution in [0.5, 0.6) is 5.75 Å². The molecule has 0 fully saturated rings. The lowest BCUT2D eigenvalue weighted by Gasteiger charge is -2.17. The van der Waals surface area contributed by atoms with E-state index in [-0.39, 0.29) is 12.7 Å². The number of ether oxygens (including phenoxy) is 2. The highest BCUT2D eigenvalue weighted by molar-refractivity contribution is 5.44. The predicted molar refractivity (Wildman–Crippen MR) is 76.0 cm³/mol. The molecule has 0 aliphatic rings. The summed E-state index contributed by atoms with van der Waals surface area (Å²) in [5.41, 5.74) is 1.82. The molecule has 1 unspecified atom stereocenters. The zero-order valence-electron chi connectivity index (χ0n) is 12.1. The third-order valence-electron chi connectivity index (χ3n) is 3.03. The van der Waals surface area contributed by atoms with Crippen LogP contribution in [0.2, 0.25) is 0 Å². The van der Waals surface area contributed by atoms with Gasteiger partial charge in [-0.2, -0.15) is 0 Å². The molecule has 0 radical (unpaired) electrons. The Morgan fingerprint density at radius 1 is 1.26 bits per heavy atom. The van der Waals surface area contributed by atoms with Gasteiger partial charge in [0, 0.05) is 11.1 Å². The summed E-state index contributed by atoms with van der Waals surface area (Å²) in [7, 11) is 1.64. The molecule has 0 aliphatic carbocycles. The van der Waals surface area contributed by atoms with Crippen LogP contribution in [0.4, 0.5) is 0 Å². The minimum atomic E-state index is -0.137. The molecule has 1 atom stereocenters. The molecule has 0 saturated carbocycles. The van der Waals surface area contributed by atoms with Crippen molar-refractivity contribution in [3.63, 3.8) is 0 Å². The van der Waals surface area contributed by atoms with Crippen LogP contribution >= 0.6 is 0 Å². The normalized spacial score (nSPS) is 11.9. The van der Waals surface area contributed by atoms with Gasteiger partial charge in [0.1, 0.15) is 12.4 Å². The Balaban J connectivity index is 2.84. The van der Waals surface area contributed by atoms with Crippen molar-refractivity contribution < 1.29 is 14.6 Å². The second-order valence-electron chi connectivity index (χ2n) is 4.75. The van der Waals surface area contributed by atoms with Crippen molar-refractivity contribution in [3.8, 4) is 17.6 Å². The minimum absolute atomic E-state index is 0.137. The fourth-order valence-corrected chi connectivity index (χ4v) is 1.52. The number of aliphatic hydroxyl groups excluding tert-OH is 1. The number of rotatable bonds is 5. The molecule has 1 aromatic rings. The van der Waals surface area contributed by atoms with Crippen LogP contribution in [0.15, 0.2) is 18.2 Å². The molecule has 1 N–H and O–H groups in total. The van der Waals surface area contributed by atoms with E-state index < -0.39 is 0 Å². The molecule has 3 nitrogen and oxygen atoms in total. The molecule has 0 amide bonds. The highest BCUT2D eigenvalue weighted by Gasteiger charge is 2.10. The fraction of sp³-hybridized carbons (Fsp3) is 0.500. The number of hydrogen-bond donors (Lipinski definition) is 1. The van der Waals surface area contributed by atoms with Gasteiger partial charge >= 0.3 is 0 Å². The first-order valence-electron chi connectivity index (χ1n) is 6.46. The molecule has 0 spiro atoms. The number of aliphatic hydroxyl groups is 1. The first-order valence-corrected chi connectivity index (χ1v) is 6.46. The molecule has 0 aliphatic heterocycles. The lowest BCUT2D eigenvalue weighted by molar-refractivity contribution is 0.0226. The van der Waals surface area contributed by atoms with E-state index in [1.165, 1.54) is 0 Å². The van der Waals surface area contributed by atoms with Gasteiger partial charge in [0.15, 0.2) is 0 Å². The second kappa shape index (κ2) is 7.83. The van der Waals surface area contributed by atoms with Gasteiger partial charge in [-0.25, -0.2) is 0 Å². The van der Waals surface area contributed by atoms with Gasteiger partial charge in [-0.3, -0.25) is 0 Å². The summed E-state index contributed by atoms with van der Waals surface area (Å²) in [6.45, 7) is 6.68. The maximum atomic E-state index is 8.71. The number of methoxy groups -OCH3 is 1. The molecule has 1 rings (SSSR count). The molecule has 104 valence electrons. The molecule has 0 heterocycles. The Morgan fingerprint density at radius 3 is 2.58 bits per heavy atom. The van der Waals surface area contributed by atoms with Gasteiger partial charge in [-0.1, -0.05) is 25.7 Å². The van der Waals surface area contributed by atoms with E-state index in [4.69, 9.17) is 14.6 Å². The van der Waals surface area contributed by atoms with Crippen LogP contribution in [-0.4, -0.2) is 24.9 Å². The molecular formula is C16H22O3. The van der Waals surface area contributed by atoms with E-state index in [0.717, 1.165) is 16.9 Å². The van der Waals surface area contributed by atoms with Gasteiger partial charge in [0.2, 0.25) is 0 Å². The molecule has 3 heteroatoms. The van der Waals surface area contributed by atoms with E-state index in [1.807, 2.05) is 18.2 Å². The van der Waals surface area contributed by atoms with E-state index in [9.17, 15) is 0 Å².